The van der Waals surface area contributed by atoms with Crippen LogP contribution in [0.5, 0.6) is 5.75 Å². The Kier molecular flexibility index (Phi) is 3.93. The lowest BCUT2D eigenvalue weighted by Gasteiger charge is -2.10. The summed E-state index contributed by atoms with van der Waals surface area (Å²) in [6.45, 7) is 1.11. The summed E-state index contributed by atoms with van der Waals surface area (Å²) in [6, 6.07) is 7.22. The molecule has 0 saturated heterocycles. The average Bonchev–Trinajstić information content (AvgIpc) is 2.84. The molecule has 0 unspecified atom stereocenters. The molecule has 4 nitrogen and oxygen atoms in total. The van der Waals surface area contributed by atoms with Gasteiger partial charge >= 0.3 is 0 Å². The number of hydrogen-bond acceptors (Lipinski definition) is 3. The van der Waals surface area contributed by atoms with E-state index in [0.29, 0.717) is 24.5 Å². The maximum absolute atomic E-state index is 10.9. The highest BCUT2D eigenvalue weighted by Gasteiger charge is 2.06. The summed E-state index contributed by atoms with van der Waals surface area (Å²) in [5.74, 6) is 0.578. The molecule has 1 heterocycles. The first-order valence-corrected chi connectivity index (χ1v) is 5.94. The molecule has 2 rings (SSSR count). The van der Waals surface area contributed by atoms with Gasteiger partial charge in [-0.05, 0) is 34.1 Å². The second-order valence-electron chi connectivity index (χ2n) is 3.39. The molecule has 5 heteroatoms. The van der Waals surface area contributed by atoms with Crippen molar-refractivity contribution in [3.05, 3.63) is 46.7 Å². The van der Waals surface area contributed by atoms with E-state index in [1.807, 2.05) is 18.3 Å². The molecule has 0 radical (unpaired) electrons. The van der Waals surface area contributed by atoms with Crippen LogP contribution in [0.1, 0.15) is 10.4 Å². The van der Waals surface area contributed by atoms with Gasteiger partial charge in [0.15, 0.2) is 6.29 Å². The van der Waals surface area contributed by atoms with Crippen molar-refractivity contribution >= 4 is 22.2 Å². The van der Waals surface area contributed by atoms with Gasteiger partial charge in [-0.15, -0.1) is 0 Å². The number of carbonyl (C=O) groups is 1. The molecule has 0 amide bonds. The number of aldehydes is 1. The van der Waals surface area contributed by atoms with Crippen molar-refractivity contribution in [2.75, 3.05) is 6.61 Å². The lowest BCUT2D eigenvalue weighted by molar-refractivity contribution is 0.111. The van der Waals surface area contributed by atoms with Gasteiger partial charge in [-0.3, -0.25) is 9.48 Å². The average molecular weight is 295 g/mol. The molecule has 0 N–H and O–H groups in total. The zero-order valence-electron chi connectivity index (χ0n) is 9.04. The van der Waals surface area contributed by atoms with Crippen molar-refractivity contribution in [1.82, 2.24) is 9.78 Å². The molecule has 17 heavy (non-hydrogen) atoms. The number of halogens is 1. The number of hydrogen-bond donors (Lipinski definition) is 0. The van der Waals surface area contributed by atoms with E-state index in [4.69, 9.17) is 4.74 Å². The summed E-state index contributed by atoms with van der Waals surface area (Å²) < 4.78 is 8.15. The number of benzene rings is 1. The number of ether oxygens (including phenoxy) is 1. The van der Waals surface area contributed by atoms with Crippen molar-refractivity contribution in [1.29, 1.82) is 0 Å². The van der Waals surface area contributed by atoms with Crippen LogP contribution in [-0.4, -0.2) is 22.7 Å². The van der Waals surface area contributed by atoms with Crippen LogP contribution in [0.15, 0.2) is 41.1 Å². The zero-order chi connectivity index (χ0) is 12.1. The molecule has 0 aliphatic carbocycles. The van der Waals surface area contributed by atoms with Gasteiger partial charge in [0.1, 0.15) is 12.4 Å². The van der Waals surface area contributed by atoms with Gasteiger partial charge in [-0.1, -0.05) is 6.07 Å². The second-order valence-corrected chi connectivity index (χ2v) is 4.25. The molecule has 2 aromatic rings. The minimum absolute atomic E-state index is 0.463. The Hall–Kier alpha value is -1.62. The summed E-state index contributed by atoms with van der Waals surface area (Å²) in [4.78, 5) is 10.9. The molecule has 88 valence electrons. The fourth-order valence-electron chi connectivity index (χ4n) is 1.44. The minimum atomic E-state index is 0.463. The van der Waals surface area contributed by atoms with E-state index in [2.05, 4.69) is 21.0 Å². The summed E-state index contributed by atoms with van der Waals surface area (Å²) in [6.07, 6.45) is 4.37. The van der Waals surface area contributed by atoms with E-state index in [0.717, 1.165) is 10.8 Å². The Morgan fingerprint density at radius 3 is 3.00 bits per heavy atom. The van der Waals surface area contributed by atoms with Gasteiger partial charge in [0.05, 0.1) is 16.6 Å². The molecular formula is C12H11BrN2O2. The first kappa shape index (κ1) is 11.9. The van der Waals surface area contributed by atoms with Crippen molar-refractivity contribution in [2.24, 2.45) is 0 Å². The number of carbonyl (C=O) groups excluding carboxylic acids is 1. The zero-order valence-corrected chi connectivity index (χ0v) is 10.6. The van der Waals surface area contributed by atoms with Crippen LogP contribution in [0.4, 0.5) is 0 Å². The first-order chi connectivity index (χ1) is 8.31. The Balaban J connectivity index is 2.01. The Labute approximate surface area is 107 Å². The lowest BCUT2D eigenvalue weighted by atomic mass is 10.2. The SMILES string of the molecule is O=Cc1cccc(Br)c1OCCn1cccn1. The van der Waals surface area contributed by atoms with Crippen LogP contribution in [0.25, 0.3) is 0 Å². The molecular weight excluding hydrogens is 284 g/mol. The van der Waals surface area contributed by atoms with Crippen LogP contribution < -0.4 is 4.74 Å². The molecule has 0 atom stereocenters. The van der Waals surface area contributed by atoms with Gasteiger partial charge in [0.2, 0.25) is 0 Å². The molecule has 0 aliphatic heterocycles. The first-order valence-electron chi connectivity index (χ1n) is 5.15. The van der Waals surface area contributed by atoms with Crippen LogP contribution in [0.3, 0.4) is 0 Å². The predicted molar refractivity (Wildman–Crippen MR) is 67.3 cm³/mol. The number of aromatic nitrogens is 2. The van der Waals surface area contributed by atoms with E-state index in [1.54, 1.807) is 23.0 Å². The monoisotopic (exact) mass is 294 g/mol. The third-order valence-electron chi connectivity index (χ3n) is 2.25. The fourth-order valence-corrected chi connectivity index (χ4v) is 1.94. The van der Waals surface area contributed by atoms with Gasteiger partial charge in [-0.25, -0.2) is 0 Å². The third kappa shape index (κ3) is 2.94. The second kappa shape index (κ2) is 5.63. The van der Waals surface area contributed by atoms with Crippen LogP contribution in [-0.2, 0) is 6.54 Å². The molecule has 0 bridgehead atoms. The van der Waals surface area contributed by atoms with E-state index < -0.39 is 0 Å². The Bertz CT molecular complexity index is 497. The predicted octanol–water partition coefficient (Wildman–Crippen LogP) is 2.54. The quantitative estimate of drug-likeness (QED) is 0.796. The minimum Gasteiger partial charge on any atom is -0.490 e. The topological polar surface area (TPSA) is 44.1 Å². The number of rotatable bonds is 5. The fraction of sp³-hybridized carbons (Fsp3) is 0.167. The molecule has 0 spiro atoms. The van der Waals surface area contributed by atoms with Crippen molar-refractivity contribution < 1.29 is 9.53 Å². The number of nitrogens with zero attached hydrogens (tertiary/aromatic N) is 2. The normalized spacial score (nSPS) is 10.2. The Morgan fingerprint density at radius 1 is 1.41 bits per heavy atom. The molecule has 1 aromatic heterocycles. The number of para-hydroxylation sites is 1. The summed E-state index contributed by atoms with van der Waals surface area (Å²) >= 11 is 3.36. The van der Waals surface area contributed by atoms with E-state index >= 15 is 0 Å². The largest absolute Gasteiger partial charge is 0.490 e. The summed E-state index contributed by atoms with van der Waals surface area (Å²) in [5.41, 5.74) is 0.542. The highest BCUT2D eigenvalue weighted by atomic mass is 79.9. The third-order valence-corrected chi connectivity index (χ3v) is 2.87. The Morgan fingerprint density at radius 2 is 2.29 bits per heavy atom. The standard InChI is InChI=1S/C12H11BrN2O2/c13-11-4-1-3-10(9-16)12(11)17-8-7-15-6-2-5-14-15/h1-6,9H,7-8H2. The molecule has 1 aromatic carbocycles. The summed E-state index contributed by atoms with van der Waals surface area (Å²) in [7, 11) is 0. The molecule has 0 fully saturated rings. The highest BCUT2D eigenvalue weighted by molar-refractivity contribution is 9.10. The van der Waals surface area contributed by atoms with Crippen LogP contribution in [0.2, 0.25) is 0 Å². The molecule has 0 aliphatic rings. The van der Waals surface area contributed by atoms with Gasteiger partial charge in [0.25, 0.3) is 0 Å². The van der Waals surface area contributed by atoms with Gasteiger partial charge in [0, 0.05) is 12.4 Å². The smallest absolute Gasteiger partial charge is 0.153 e. The van der Waals surface area contributed by atoms with Crippen LogP contribution in [0, 0.1) is 0 Å². The maximum atomic E-state index is 10.9. The van der Waals surface area contributed by atoms with Crippen LogP contribution >= 0.6 is 15.9 Å². The van der Waals surface area contributed by atoms with Crippen molar-refractivity contribution in [3.63, 3.8) is 0 Å². The maximum Gasteiger partial charge on any atom is 0.153 e. The summed E-state index contributed by atoms with van der Waals surface area (Å²) in [5, 5.41) is 4.07. The van der Waals surface area contributed by atoms with Crippen molar-refractivity contribution in [3.8, 4) is 5.75 Å². The van der Waals surface area contributed by atoms with E-state index in [9.17, 15) is 4.79 Å². The van der Waals surface area contributed by atoms with E-state index in [1.165, 1.54) is 0 Å². The van der Waals surface area contributed by atoms with Crippen molar-refractivity contribution in [2.45, 2.75) is 6.54 Å². The lowest BCUT2D eigenvalue weighted by Crippen LogP contribution is -2.09. The van der Waals surface area contributed by atoms with E-state index in [-0.39, 0.29) is 0 Å². The van der Waals surface area contributed by atoms with Gasteiger partial charge < -0.3 is 4.74 Å². The highest BCUT2D eigenvalue weighted by Crippen LogP contribution is 2.27. The molecule has 0 saturated carbocycles. The van der Waals surface area contributed by atoms with Gasteiger partial charge in [-0.2, -0.15) is 5.10 Å².